The predicted molar refractivity (Wildman–Crippen MR) is 56.9 cm³/mol. The van der Waals surface area contributed by atoms with Crippen molar-refractivity contribution in [3.63, 3.8) is 0 Å². The number of carbonyl (C=O) groups is 1. The van der Waals surface area contributed by atoms with Crippen molar-refractivity contribution in [2.24, 2.45) is 5.73 Å². The normalized spacial score (nSPS) is 11.4. The maximum Gasteiger partial charge on any atom is 0.332 e. The molecule has 0 saturated heterocycles. The van der Waals surface area contributed by atoms with Crippen LogP contribution in [0.15, 0.2) is 29.3 Å². The van der Waals surface area contributed by atoms with Gasteiger partial charge in [0.15, 0.2) is 0 Å². The summed E-state index contributed by atoms with van der Waals surface area (Å²) < 4.78 is 4.94. The summed E-state index contributed by atoms with van der Waals surface area (Å²) in [6, 6.07) is 3.99. The Morgan fingerprint density at radius 2 is 2.50 bits per heavy atom. The Bertz CT molecular complexity index is 313. The summed E-state index contributed by atoms with van der Waals surface area (Å²) in [4.78, 5) is 12.2. The van der Waals surface area contributed by atoms with E-state index in [-0.39, 0.29) is 5.97 Å². The molecule has 1 aromatic heterocycles. The van der Waals surface area contributed by atoms with E-state index in [9.17, 15) is 4.79 Å². The molecular formula is C10H13NO2S. The van der Waals surface area contributed by atoms with Crippen LogP contribution in [-0.2, 0) is 16.0 Å². The van der Waals surface area contributed by atoms with Crippen LogP contribution in [0.2, 0.25) is 0 Å². The molecule has 4 heteroatoms. The lowest BCUT2D eigenvalue weighted by Crippen LogP contribution is -2.06. The van der Waals surface area contributed by atoms with Gasteiger partial charge in [0.05, 0.1) is 6.61 Å². The number of rotatable bonds is 4. The van der Waals surface area contributed by atoms with Gasteiger partial charge in [0.1, 0.15) is 0 Å². The zero-order valence-corrected chi connectivity index (χ0v) is 8.84. The molecule has 0 bridgehead atoms. The van der Waals surface area contributed by atoms with E-state index in [1.807, 2.05) is 17.5 Å². The molecule has 0 aliphatic heterocycles. The van der Waals surface area contributed by atoms with Gasteiger partial charge in [0.25, 0.3) is 0 Å². The predicted octanol–water partition coefficient (Wildman–Crippen LogP) is 1.70. The second-order valence-corrected chi connectivity index (χ2v) is 3.92. The summed E-state index contributed by atoms with van der Waals surface area (Å²) in [5.74, 6) is -0.374. The molecule has 0 radical (unpaired) electrons. The second kappa shape index (κ2) is 5.44. The molecule has 0 aliphatic rings. The number of hydrogen-bond acceptors (Lipinski definition) is 4. The Morgan fingerprint density at radius 1 is 1.71 bits per heavy atom. The van der Waals surface area contributed by atoms with Crippen LogP contribution in [0.3, 0.4) is 0 Å². The summed E-state index contributed by atoms with van der Waals surface area (Å²) in [6.07, 6.45) is 2.05. The first-order valence-corrected chi connectivity index (χ1v) is 5.19. The largest absolute Gasteiger partial charge is 0.462 e. The van der Waals surface area contributed by atoms with Gasteiger partial charge < -0.3 is 10.5 Å². The summed E-state index contributed by atoms with van der Waals surface area (Å²) in [5.41, 5.74) is 5.79. The quantitative estimate of drug-likeness (QED) is 0.609. The first-order valence-electron chi connectivity index (χ1n) is 4.31. The van der Waals surface area contributed by atoms with Gasteiger partial charge in [0, 0.05) is 23.1 Å². The number of carbonyl (C=O) groups excluding carboxylic acids is 1. The van der Waals surface area contributed by atoms with E-state index in [1.165, 1.54) is 11.0 Å². The zero-order chi connectivity index (χ0) is 10.4. The van der Waals surface area contributed by atoms with Crippen LogP contribution in [0.4, 0.5) is 0 Å². The highest BCUT2D eigenvalue weighted by atomic mass is 32.1. The third kappa shape index (κ3) is 4.09. The van der Waals surface area contributed by atoms with Gasteiger partial charge in [0.2, 0.25) is 0 Å². The van der Waals surface area contributed by atoms with E-state index < -0.39 is 0 Å². The topological polar surface area (TPSA) is 52.3 Å². The van der Waals surface area contributed by atoms with Crippen molar-refractivity contribution in [1.29, 1.82) is 0 Å². The highest BCUT2D eigenvalue weighted by molar-refractivity contribution is 7.09. The van der Waals surface area contributed by atoms with Crippen LogP contribution in [0.5, 0.6) is 0 Å². The van der Waals surface area contributed by atoms with Crippen LogP contribution in [-0.4, -0.2) is 12.6 Å². The fraction of sp³-hybridized carbons (Fsp3) is 0.300. The van der Waals surface area contributed by atoms with Crippen molar-refractivity contribution < 1.29 is 9.53 Å². The molecule has 0 atom stereocenters. The van der Waals surface area contributed by atoms with Crippen LogP contribution in [0.1, 0.15) is 11.8 Å². The highest BCUT2D eigenvalue weighted by Gasteiger charge is 1.99. The maximum atomic E-state index is 11.0. The van der Waals surface area contributed by atoms with Crippen molar-refractivity contribution in [3.05, 3.63) is 34.2 Å². The van der Waals surface area contributed by atoms with Gasteiger partial charge in [-0.25, -0.2) is 4.79 Å². The van der Waals surface area contributed by atoms with E-state index in [0.717, 1.165) is 6.42 Å². The first kappa shape index (κ1) is 10.8. The summed E-state index contributed by atoms with van der Waals surface area (Å²) >= 11 is 1.66. The molecule has 0 unspecified atom stereocenters. The number of esters is 1. The average Bonchev–Trinajstić information content (AvgIpc) is 2.55. The molecule has 0 fully saturated rings. The minimum atomic E-state index is -0.374. The molecule has 0 aromatic carbocycles. The average molecular weight is 211 g/mol. The minimum Gasteiger partial charge on any atom is -0.462 e. The molecule has 1 heterocycles. The molecule has 2 N–H and O–H groups in total. The van der Waals surface area contributed by atoms with E-state index >= 15 is 0 Å². The van der Waals surface area contributed by atoms with E-state index in [2.05, 4.69) is 0 Å². The lowest BCUT2D eigenvalue weighted by molar-refractivity contribution is -0.137. The van der Waals surface area contributed by atoms with Crippen LogP contribution < -0.4 is 5.73 Å². The number of allylic oxidation sites excluding steroid dienone is 1. The smallest absolute Gasteiger partial charge is 0.332 e. The number of thiophene rings is 1. The van der Waals surface area contributed by atoms with Gasteiger partial charge in [-0.05, 0) is 18.4 Å². The Morgan fingerprint density at radius 3 is 3.07 bits per heavy atom. The number of hydrogen-bond donors (Lipinski definition) is 1. The molecule has 1 aromatic rings. The molecule has 14 heavy (non-hydrogen) atoms. The minimum absolute atomic E-state index is 0.374. The zero-order valence-electron chi connectivity index (χ0n) is 8.03. The molecule has 0 spiro atoms. The highest BCUT2D eigenvalue weighted by Crippen LogP contribution is 2.08. The molecule has 76 valence electrons. The van der Waals surface area contributed by atoms with Crippen LogP contribution in [0, 0.1) is 0 Å². The van der Waals surface area contributed by atoms with Gasteiger partial charge in [-0.2, -0.15) is 0 Å². The molecule has 3 nitrogen and oxygen atoms in total. The third-order valence-corrected chi connectivity index (χ3v) is 2.45. The van der Waals surface area contributed by atoms with E-state index in [1.54, 1.807) is 18.3 Å². The van der Waals surface area contributed by atoms with Crippen molar-refractivity contribution >= 4 is 17.3 Å². The SMILES string of the molecule is CC(N)=CC(=O)OCCc1cccs1. The first-order chi connectivity index (χ1) is 6.68. The monoisotopic (exact) mass is 211 g/mol. The molecule has 0 amide bonds. The van der Waals surface area contributed by atoms with Crippen LogP contribution >= 0.6 is 11.3 Å². The van der Waals surface area contributed by atoms with Crippen molar-refractivity contribution in [2.75, 3.05) is 6.61 Å². The third-order valence-electron chi connectivity index (χ3n) is 1.52. The van der Waals surface area contributed by atoms with Gasteiger partial charge in [-0.1, -0.05) is 6.07 Å². The number of nitrogens with two attached hydrogens (primary N) is 1. The summed E-state index contributed by atoms with van der Waals surface area (Å²) in [6.45, 7) is 2.06. The van der Waals surface area contributed by atoms with E-state index in [4.69, 9.17) is 10.5 Å². The maximum absolute atomic E-state index is 11.0. The lowest BCUT2D eigenvalue weighted by atomic mass is 10.4. The van der Waals surface area contributed by atoms with Gasteiger partial charge >= 0.3 is 5.97 Å². The van der Waals surface area contributed by atoms with Crippen LogP contribution in [0.25, 0.3) is 0 Å². The second-order valence-electron chi connectivity index (χ2n) is 2.89. The van der Waals surface area contributed by atoms with Crippen molar-refractivity contribution in [3.8, 4) is 0 Å². The molecule has 0 saturated carbocycles. The summed E-state index contributed by atoms with van der Waals surface area (Å²) in [7, 11) is 0. The Balaban J connectivity index is 2.22. The molecular weight excluding hydrogens is 198 g/mol. The Kier molecular flexibility index (Phi) is 4.19. The summed E-state index contributed by atoms with van der Waals surface area (Å²) in [5, 5.41) is 2.00. The lowest BCUT2D eigenvalue weighted by Gasteiger charge is -2.00. The van der Waals surface area contributed by atoms with Crippen molar-refractivity contribution in [2.45, 2.75) is 13.3 Å². The Hall–Kier alpha value is -1.29. The Labute approximate surface area is 87.2 Å². The van der Waals surface area contributed by atoms with Gasteiger partial charge in [-0.3, -0.25) is 0 Å². The molecule has 0 aliphatic carbocycles. The fourth-order valence-electron chi connectivity index (χ4n) is 0.935. The standard InChI is InChI=1S/C10H13NO2S/c1-8(11)7-10(12)13-5-4-9-3-2-6-14-9/h2-3,6-7H,4-5,11H2,1H3. The fourth-order valence-corrected chi connectivity index (χ4v) is 1.62. The van der Waals surface area contributed by atoms with Crippen molar-refractivity contribution in [1.82, 2.24) is 0 Å². The molecule has 1 rings (SSSR count). The number of ether oxygens (including phenoxy) is 1. The van der Waals surface area contributed by atoms with E-state index in [0.29, 0.717) is 12.3 Å². The van der Waals surface area contributed by atoms with Gasteiger partial charge in [-0.15, -0.1) is 11.3 Å².